The van der Waals surface area contributed by atoms with Crippen LogP contribution in [0, 0.1) is 18.8 Å². The monoisotopic (exact) mass is 277 g/mol. The molecule has 0 bridgehead atoms. The maximum absolute atomic E-state index is 9.49. The molecule has 0 heterocycles. The molecule has 1 aliphatic rings. The van der Waals surface area contributed by atoms with Crippen molar-refractivity contribution in [3.63, 3.8) is 0 Å². The van der Waals surface area contributed by atoms with E-state index in [4.69, 9.17) is 4.74 Å². The minimum Gasteiger partial charge on any atom is -0.492 e. The standard InChI is InChI=1S/C17H27NO2/c1-3-20-17-9-8-13(2)10-16(17)18-11-14-6-4-5-7-15(14)12-19/h8-10,14-15,18-19H,3-7,11-12H2,1-2H3. The van der Waals surface area contributed by atoms with Gasteiger partial charge in [0.25, 0.3) is 0 Å². The molecular formula is C17H27NO2. The Balaban J connectivity index is 2.00. The highest BCUT2D eigenvalue weighted by Gasteiger charge is 2.24. The molecule has 0 saturated heterocycles. The Morgan fingerprint density at radius 1 is 1.25 bits per heavy atom. The summed E-state index contributed by atoms with van der Waals surface area (Å²) >= 11 is 0. The highest BCUT2D eigenvalue weighted by Crippen LogP contribution is 2.31. The zero-order valence-electron chi connectivity index (χ0n) is 12.7. The van der Waals surface area contributed by atoms with E-state index in [1.54, 1.807) is 0 Å². The third-order valence-electron chi connectivity index (χ3n) is 4.29. The molecule has 2 atom stereocenters. The predicted octanol–water partition coefficient (Wildman–Crippen LogP) is 3.60. The number of aryl methyl sites for hydroxylation is 1. The second-order valence-electron chi connectivity index (χ2n) is 5.80. The van der Waals surface area contributed by atoms with Crippen LogP contribution in [-0.2, 0) is 0 Å². The molecule has 1 aromatic rings. The third-order valence-corrected chi connectivity index (χ3v) is 4.29. The Kier molecular flexibility index (Phi) is 5.72. The van der Waals surface area contributed by atoms with Gasteiger partial charge in [0, 0.05) is 13.2 Å². The summed E-state index contributed by atoms with van der Waals surface area (Å²) in [6, 6.07) is 6.25. The molecule has 0 spiro atoms. The van der Waals surface area contributed by atoms with E-state index in [1.807, 2.05) is 13.0 Å². The van der Waals surface area contributed by atoms with E-state index < -0.39 is 0 Å². The molecule has 0 amide bonds. The van der Waals surface area contributed by atoms with Crippen LogP contribution in [0.1, 0.15) is 38.2 Å². The quantitative estimate of drug-likeness (QED) is 0.834. The van der Waals surface area contributed by atoms with E-state index in [0.717, 1.165) is 24.4 Å². The number of ether oxygens (including phenoxy) is 1. The molecule has 1 saturated carbocycles. The van der Waals surface area contributed by atoms with E-state index in [-0.39, 0.29) is 0 Å². The molecule has 0 radical (unpaired) electrons. The van der Waals surface area contributed by atoms with Crippen molar-refractivity contribution < 1.29 is 9.84 Å². The molecule has 112 valence electrons. The maximum atomic E-state index is 9.49. The van der Waals surface area contributed by atoms with Gasteiger partial charge < -0.3 is 15.2 Å². The Bertz CT molecular complexity index is 419. The molecule has 2 unspecified atom stereocenters. The molecule has 20 heavy (non-hydrogen) atoms. The minimum absolute atomic E-state index is 0.318. The van der Waals surface area contributed by atoms with Crippen LogP contribution in [-0.4, -0.2) is 24.9 Å². The summed E-state index contributed by atoms with van der Waals surface area (Å²) in [5.41, 5.74) is 2.31. The van der Waals surface area contributed by atoms with Crippen LogP contribution < -0.4 is 10.1 Å². The first-order valence-electron chi connectivity index (χ1n) is 7.82. The van der Waals surface area contributed by atoms with Crippen LogP contribution in [0.15, 0.2) is 18.2 Å². The van der Waals surface area contributed by atoms with E-state index in [2.05, 4.69) is 24.4 Å². The fraction of sp³-hybridized carbons (Fsp3) is 0.647. The molecule has 1 fully saturated rings. The van der Waals surface area contributed by atoms with Crippen molar-refractivity contribution in [2.45, 2.75) is 39.5 Å². The van der Waals surface area contributed by atoms with E-state index in [0.29, 0.717) is 25.0 Å². The Morgan fingerprint density at radius 2 is 2.00 bits per heavy atom. The van der Waals surface area contributed by atoms with Crippen molar-refractivity contribution >= 4 is 5.69 Å². The number of aliphatic hydroxyl groups excluding tert-OH is 1. The van der Waals surface area contributed by atoms with Gasteiger partial charge in [-0.25, -0.2) is 0 Å². The molecule has 3 heteroatoms. The normalized spacial score (nSPS) is 22.6. The smallest absolute Gasteiger partial charge is 0.142 e. The summed E-state index contributed by atoms with van der Waals surface area (Å²) in [6.45, 7) is 6.03. The largest absolute Gasteiger partial charge is 0.492 e. The molecule has 2 N–H and O–H groups in total. The summed E-state index contributed by atoms with van der Waals surface area (Å²) in [5.74, 6) is 1.95. The van der Waals surface area contributed by atoms with Gasteiger partial charge in [0.1, 0.15) is 5.75 Å². The van der Waals surface area contributed by atoms with Crippen LogP contribution in [0.25, 0.3) is 0 Å². The Hall–Kier alpha value is -1.22. The van der Waals surface area contributed by atoms with Crippen molar-refractivity contribution in [2.24, 2.45) is 11.8 Å². The van der Waals surface area contributed by atoms with Gasteiger partial charge >= 0.3 is 0 Å². The second-order valence-corrected chi connectivity index (χ2v) is 5.80. The number of rotatable bonds is 6. The summed E-state index contributed by atoms with van der Waals surface area (Å²) < 4.78 is 5.67. The van der Waals surface area contributed by atoms with Crippen LogP contribution in [0.5, 0.6) is 5.75 Å². The number of anilines is 1. The topological polar surface area (TPSA) is 41.5 Å². The lowest BCUT2D eigenvalue weighted by atomic mass is 9.79. The van der Waals surface area contributed by atoms with Gasteiger partial charge in [-0.2, -0.15) is 0 Å². The van der Waals surface area contributed by atoms with Crippen molar-refractivity contribution in [2.75, 3.05) is 25.1 Å². The van der Waals surface area contributed by atoms with Gasteiger partial charge in [-0.05, 0) is 56.2 Å². The molecule has 0 aliphatic heterocycles. The zero-order chi connectivity index (χ0) is 14.4. The predicted molar refractivity (Wildman–Crippen MR) is 83.4 cm³/mol. The van der Waals surface area contributed by atoms with E-state index in [9.17, 15) is 5.11 Å². The fourth-order valence-electron chi connectivity index (χ4n) is 3.10. The van der Waals surface area contributed by atoms with Gasteiger partial charge in [0.05, 0.1) is 12.3 Å². The molecule has 3 nitrogen and oxygen atoms in total. The van der Waals surface area contributed by atoms with Crippen LogP contribution in [0.2, 0.25) is 0 Å². The first-order valence-corrected chi connectivity index (χ1v) is 7.82. The van der Waals surface area contributed by atoms with Crippen LogP contribution in [0.4, 0.5) is 5.69 Å². The summed E-state index contributed by atoms with van der Waals surface area (Å²) in [7, 11) is 0. The first kappa shape index (κ1) is 15.2. The van der Waals surface area contributed by atoms with E-state index >= 15 is 0 Å². The van der Waals surface area contributed by atoms with Crippen molar-refractivity contribution in [3.05, 3.63) is 23.8 Å². The minimum atomic E-state index is 0.318. The summed E-state index contributed by atoms with van der Waals surface area (Å²) in [6.07, 6.45) is 4.92. The maximum Gasteiger partial charge on any atom is 0.142 e. The number of aliphatic hydroxyl groups is 1. The van der Waals surface area contributed by atoms with Crippen molar-refractivity contribution in [3.8, 4) is 5.75 Å². The van der Waals surface area contributed by atoms with Gasteiger partial charge in [-0.15, -0.1) is 0 Å². The van der Waals surface area contributed by atoms with Gasteiger partial charge in [0.2, 0.25) is 0 Å². The van der Waals surface area contributed by atoms with Gasteiger partial charge in [-0.3, -0.25) is 0 Å². The lowest BCUT2D eigenvalue weighted by Crippen LogP contribution is -2.28. The average Bonchev–Trinajstić information content (AvgIpc) is 2.48. The summed E-state index contributed by atoms with van der Waals surface area (Å²) in [5, 5.41) is 13.0. The molecule has 1 aliphatic carbocycles. The van der Waals surface area contributed by atoms with Gasteiger partial charge in [-0.1, -0.05) is 18.9 Å². The lowest BCUT2D eigenvalue weighted by molar-refractivity contribution is 0.141. The number of hydrogen-bond donors (Lipinski definition) is 2. The SMILES string of the molecule is CCOc1ccc(C)cc1NCC1CCCCC1CO. The van der Waals surface area contributed by atoms with Crippen molar-refractivity contribution in [1.29, 1.82) is 0 Å². The molecule has 1 aromatic carbocycles. The van der Waals surface area contributed by atoms with Gasteiger partial charge in [0.15, 0.2) is 0 Å². The average molecular weight is 277 g/mol. The highest BCUT2D eigenvalue weighted by atomic mass is 16.5. The van der Waals surface area contributed by atoms with E-state index in [1.165, 1.54) is 24.8 Å². The Labute approximate surface area is 122 Å². The van der Waals surface area contributed by atoms with Crippen molar-refractivity contribution in [1.82, 2.24) is 0 Å². The van der Waals surface area contributed by atoms with Crippen LogP contribution >= 0.6 is 0 Å². The number of hydrogen-bond acceptors (Lipinski definition) is 3. The lowest BCUT2D eigenvalue weighted by Gasteiger charge is -2.30. The fourth-order valence-corrected chi connectivity index (χ4v) is 3.10. The van der Waals surface area contributed by atoms with Crippen LogP contribution in [0.3, 0.4) is 0 Å². The second kappa shape index (κ2) is 7.53. The highest BCUT2D eigenvalue weighted by molar-refractivity contribution is 5.58. The molecular weight excluding hydrogens is 250 g/mol. The number of nitrogens with one attached hydrogen (secondary N) is 1. The Morgan fingerprint density at radius 3 is 2.70 bits per heavy atom. The number of benzene rings is 1. The zero-order valence-corrected chi connectivity index (χ0v) is 12.7. The summed E-state index contributed by atoms with van der Waals surface area (Å²) in [4.78, 5) is 0. The molecule has 2 rings (SSSR count). The third kappa shape index (κ3) is 3.89. The first-order chi connectivity index (χ1) is 9.74. The molecule has 0 aromatic heterocycles.